The van der Waals surface area contributed by atoms with Gasteiger partial charge in [0.15, 0.2) is 0 Å². The average molecular weight is 247 g/mol. The maximum Gasteiger partial charge on any atom is 0.332 e. The molecule has 0 bridgehead atoms. The number of esters is 1. The van der Waals surface area contributed by atoms with Gasteiger partial charge in [0, 0.05) is 17.8 Å². The zero-order valence-electron chi connectivity index (χ0n) is 10.8. The van der Waals surface area contributed by atoms with Gasteiger partial charge in [0.2, 0.25) is 0 Å². The standard InChI is InChI=1S/C14H17NO3/c1-14(2,3)18-12(16)9-10-15-13(17)11-7-5-4-6-8-11/h4-10H,1-3H3,(H,15,17)/b10-9-. The third-order valence-electron chi connectivity index (χ3n) is 1.88. The number of rotatable bonds is 3. The van der Waals surface area contributed by atoms with Gasteiger partial charge in [-0.05, 0) is 32.9 Å². The summed E-state index contributed by atoms with van der Waals surface area (Å²) in [7, 11) is 0. The SMILES string of the molecule is CC(C)(C)OC(=O)/C=C\NC(=O)c1ccccc1. The van der Waals surface area contributed by atoms with Crippen molar-refractivity contribution in [2.75, 3.05) is 0 Å². The Morgan fingerprint density at radius 2 is 1.78 bits per heavy atom. The molecule has 0 aromatic heterocycles. The summed E-state index contributed by atoms with van der Waals surface area (Å²) in [6.07, 6.45) is 2.47. The summed E-state index contributed by atoms with van der Waals surface area (Å²) in [6, 6.07) is 8.75. The molecule has 0 aliphatic heterocycles. The summed E-state index contributed by atoms with van der Waals surface area (Å²) in [5, 5.41) is 2.50. The second kappa shape index (κ2) is 6.00. The van der Waals surface area contributed by atoms with Gasteiger partial charge in [-0.15, -0.1) is 0 Å². The molecule has 1 amide bonds. The monoisotopic (exact) mass is 247 g/mol. The number of carbonyl (C=O) groups excluding carboxylic acids is 2. The van der Waals surface area contributed by atoms with Crippen LogP contribution in [0.15, 0.2) is 42.6 Å². The van der Waals surface area contributed by atoms with Gasteiger partial charge in [0.1, 0.15) is 5.60 Å². The fraction of sp³-hybridized carbons (Fsp3) is 0.286. The maximum absolute atomic E-state index is 11.6. The number of benzene rings is 1. The third-order valence-corrected chi connectivity index (χ3v) is 1.88. The van der Waals surface area contributed by atoms with Crippen LogP contribution in [0.4, 0.5) is 0 Å². The van der Waals surface area contributed by atoms with Crippen LogP contribution in [0.5, 0.6) is 0 Å². The van der Waals surface area contributed by atoms with Crippen LogP contribution in [0, 0.1) is 0 Å². The molecule has 0 saturated carbocycles. The van der Waals surface area contributed by atoms with Crippen molar-refractivity contribution in [2.45, 2.75) is 26.4 Å². The first-order valence-corrected chi connectivity index (χ1v) is 5.64. The lowest BCUT2D eigenvalue weighted by atomic mass is 10.2. The Bertz CT molecular complexity index is 444. The van der Waals surface area contributed by atoms with Crippen LogP contribution in [-0.2, 0) is 9.53 Å². The third kappa shape index (κ3) is 5.30. The Morgan fingerprint density at radius 3 is 2.33 bits per heavy atom. The molecule has 0 saturated heterocycles. The molecule has 4 heteroatoms. The van der Waals surface area contributed by atoms with E-state index in [1.165, 1.54) is 12.3 Å². The van der Waals surface area contributed by atoms with Gasteiger partial charge >= 0.3 is 5.97 Å². The molecular formula is C14H17NO3. The van der Waals surface area contributed by atoms with E-state index in [1.807, 2.05) is 6.07 Å². The van der Waals surface area contributed by atoms with Crippen molar-refractivity contribution < 1.29 is 14.3 Å². The average Bonchev–Trinajstić information content (AvgIpc) is 2.27. The second-order valence-corrected chi connectivity index (χ2v) is 4.71. The minimum atomic E-state index is -0.537. The Kier molecular flexibility index (Phi) is 4.66. The summed E-state index contributed by atoms with van der Waals surface area (Å²) in [6.45, 7) is 5.34. The van der Waals surface area contributed by atoms with Crippen LogP contribution in [-0.4, -0.2) is 17.5 Å². The van der Waals surface area contributed by atoms with Gasteiger partial charge in [0.05, 0.1) is 0 Å². The minimum absolute atomic E-state index is 0.268. The van der Waals surface area contributed by atoms with Gasteiger partial charge in [-0.1, -0.05) is 18.2 Å². The normalized spacial score (nSPS) is 11.3. The molecule has 0 heterocycles. The minimum Gasteiger partial charge on any atom is -0.457 e. The molecule has 1 rings (SSSR count). The van der Waals surface area contributed by atoms with Crippen molar-refractivity contribution in [1.29, 1.82) is 0 Å². The van der Waals surface area contributed by atoms with E-state index in [2.05, 4.69) is 5.32 Å². The Hall–Kier alpha value is -2.10. The molecule has 1 N–H and O–H groups in total. The van der Waals surface area contributed by atoms with Crippen molar-refractivity contribution in [3.05, 3.63) is 48.2 Å². The quantitative estimate of drug-likeness (QED) is 0.658. The topological polar surface area (TPSA) is 55.4 Å². The Labute approximate surface area is 107 Å². The van der Waals surface area contributed by atoms with E-state index in [-0.39, 0.29) is 5.91 Å². The van der Waals surface area contributed by atoms with E-state index >= 15 is 0 Å². The van der Waals surface area contributed by atoms with Gasteiger partial charge in [0.25, 0.3) is 5.91 Å². The lowest BCUT2D eigenvalue weighted by Gasteiger charge is -2.17. The van der Waals surface area contributed by atoms with Crippen molar-refractivity contribution in [3.63, 3.8) is 0 Å². The molecule has 0 spiro atoms. The molecule has 96 valence electrons. The van der Waals surface area contributed by atoms with Crippen LogP contribution >= 0.6 is 0 Å². The van der Waals surface area contributed by atoms with E-state index in [4.69, 9.17) is 4.74 Å². The number of ether oxygens (including phenoxy) is 1. The number of carbonyl (C=O) groups is 2. The largest absolute Gasteiger partial charge is 0.457 e. The zero-order chi connectivity index (χ0) is 13.6. The van der Waals surface area contributed by atoms with Gasteiger partial charge < -0.3 is 10.1 Å². The highest BCUT2D eigenvalue weighted by Crippen LogP contribution is 2.06. The highest BCUT2D eigenvalue weighted by Gasteiger charge is 2.13. The van der Waals surface area contributed by atoms with E-state index in [9.17, 15) is 9.59 Å². The molecule has 0 fully saturated rings. The number of amides is 1. The highest BCUT2D eigenvalue weighted by atomic mass is 16.6. The Balaban J connectivity index is 2.46. The first kappa shape index (κ1) is 14.0. The predicted octanol–water partition coefficient (Wildman–Crippen LogP) is 2.27. The van der Waals surface area contributed by atoms with E-state index in [0.717, 1.165) is 0 Å². The van der Waals surface area contributed by atoms with E-state index < -0.39 is 11.6 Å². The highest BCUT2D eigenvalue weighted by molar-refractivity contribution is 5.95. The van der Waals surface area contributed by atoms with Crippen molar-refractivity contribution in [3.8, 4) is 0 Å². The number of hydrogen-bond donors (Lipinski definition) is 1. The number of nitrogens with one attached hydrogen (secondary N) is 1. The molecule has 0 aliphatic rings. The summed E-state index contributed by atoms with van der Waals surface area (Å²) in [5.41, 5.74) is -0.00320. The predicted molar refractivity (Wildman–Crippen MR) is 68.9 cm³/mol. The summed E-state index contributed by atoms with van der Waals surface area (Å²) < 4.78 is 5.05. The van der Waals surface area contributed by atoms with Crippen LogP contribution in [0.1, 0.15) is 31.1 Å². The molecule has 4 nitrogen and oxygen atoms in total. The Morgan fingerprint density at radius 1 is 1.17 bits per heavy atom. The maximum atomic E-state index is 11.6. The van der Waals surface area contributed by atoms with Gasteiger partial charge in [-0.2, -0.15) is 0 Å². The van der Waals surface area contributed by atoms with Crippen LogP contribution < -0.4 is 5.32 Å². The van der Waals surface area contributed by atoms with E-state index in [1.54, 1.807) is 45.0 Å². The molecule has 0 aliphatic carbocycles. The zero-order valence-corrected chi connectivity index (χ0v) is 10.8. The fourth-order valence-electron chi connectivity index (χ4n) is 1.19. The fourth-order valence-corrected chi connectivity index (χ4v) is 1.19. The lowest BCUT2D eigenvalue weighted by Crippen LogP contribution is -2.23. The first-order valence-electron chi connectivity index (χ1n) is 5.64. The van der Waals surface area contributed by atoms with Crippen molar-refractivity contribution in [1.82, 2.24) is 5.32 Å². The first-order chi connectivity index (χ1) is 8.38. The van der Waals surface area contributed by atoms with Crippen molar-refractivity contribution in [2.24, 2.45) is 0 Å². The number of hydrogen-bond acceptors (Lipinski definition) is 3. The van der Waals surface area contributed by atoms with Crippen molar-refractivity contribution >= 4 is 11.9 Å². The smallest absolute Gasteiger partial charge is 0.332 e. The summed E-state index contributed by atoms with van der Waals surface area (Å²) in [4.78, 5) is 22.9. The van der Waals surface area contributed by atoms with Crippen LogP contribution in [0.2, 0.25) is 0 Å². The molecule has 1 aromatic carbocycles. The molecule has 18 heavy (non-hydrogen) atoms. The molecule has 0 radical (unpaired) electrons. The molecular weight excluding hydrogens is 230 g/mol. The molecule has 0 unspecified atom stereocenters. The van der Waals surface area contributed by atoms with Crippen LogP contribution in [0.25, 0.3) is 0 Å². The van der Waals surface area contributed by atoms with E-state index in [0.29, 0.717) is 5.56 Å². The molecule has 0 atom stereocenters. The molecule has 1 aromatic rings. The second-order valence-electron chi connectivity index (χ2n) is 4.71. The van der Waals surface area contributed by atoms with Crippen LogP contribution in [0.3, 0.4) is 0 Å². The van der Waals surface area contributed by atoms with Gasteiger partial charge in [-0.25, -0.2) is 4.79 Å². The van der Waals surface area contributed by atoms with Gasteiger partial charge in [-0.3, -0.25) is 4.79 Å². The summed E-state index contributed by atoms with van der Waals surface area (Å²) in [5.74, 6) is -0.758. The lowest BCUT2D eigenvalue weighted by molar-refractivity contribution is -0.148. The summed E-state index contributed by atoms with van der Waals surface area (Å²) >= 11 is 0.